The smallest absolute Gasteiger partial charge is 0.119 e. The van der Waals surface area contributed by atoms with Gasteiger partial charge in [0.2, 0.25) is 0 Å². The number of para-hydroxylation sites is 1. The lowest BCUT2D eigenvalue weighted by Gasteiger charge is -2.08. The Bertz CT molecular complexity index is 718. The molecule has 4 nitrogen and oxygen atoms in total. The van der Waals surface area contributed by atoms with Crippen molar-refractivity contribution in [3.63, 3.8) is 0 Å². The predicted octanol–water partition coefficient (Wildman–Crippen LogP) is 2.09. The first kappa shape index (κ1) is 11.7. The fraction of sp³-hybridized carbons (Fsp3) is 0.133. The Kier molecular flexibility index (Phi) is 2.93. The molecular weight excluding hydrogens is 238 g/mol. The number of phenols is 1. The molecule has 0 spiro atoms. The van der Waals surface area contributed by atoms with Crippen LogP contribution in [0.25, 0.3) is 5.52 Å². The van der Waals surface area contributed by atoms with Gasteiger partial charge >= 0.3 is 0 Å². The van der Waals surface area contributed by atoms with Gasteiger partial charge in [-0.2, -0.15) is 0 Å². The number of rotatable bonds is 3. The van der Waals surface area contributed by atoms with Crippen molar-refractivity contribution < 1.29 is 5.11 Å². The fourth-order valence-electron chi connectivity index (χ4n) is 2.30. The molecule has 3 aromatic rings. The van der Waals surface area contributed by atoms with E-state index in [2.05, 4.69) is 4.98 Å². The fourth-order valence-corrected chi connectivity index (χ4v) is 2.30. The number of hydrogen-bond acceptors (Lipinski definition) is 3. The van der Waals surface area contributed by atoms with Gasteiger partial charge in [-0.15, -0.1) is 0 Å². The Hall–Kier alpha value is -2.33. The molecule has 0 aliphatic carbocycles. The van der Waals surface area contributed by atoms with Crippen LogP contribution in [0.5, 0.6) is 5.75 Å². The summed E-state index contributed by atoms with van der Waals surface area (Å²) in [5, 5.41) is 9.85. The average Bonchev–Trinajstić information content (AvgIpc) is 2.85. The van der Waals surface area contributed by atoms with Crippen LogP contribution in [0.4, 0.5) is 0 Å². The zero-order valence-electron chi connectivity index (χ0n) is 10.5. The summed E-state index contributed by atoms with van der Waals surface area (Å²) in [5.41, 5.74) is 8.67. The van der Waals surface area contributed by atoms with E-state index in [4.69, 9.17) is 5.73 Å². The van der Waals surface area contributed by atoms with E-state index in [1.807, 2.05) is 47.0 Å². The van der Waals surface area contributed by atoms with Crippen molar-refractivity contribution in [2.45, 2.75) is 13.0 Å². The first-order chi connectivity index (χ1) is 9.29. The van der Waals surface area contributed by atoms with E-state index >= 15 is 0 Å². The second kappa shape index (κ2) is 4.74. The van der Waals surface area contributed by atoms with E-state index in [1.54, 1.807) is 6.07 Å². The lowest BCUT2D eigenvalue weighted by atomic mass is 10.1. The Labute approximate surface area is 111 Å². The summed E-state index contributed by atoms with van der Waals surface area (Å²) in [6.07, 6.45) is 2.41. The monoisotopic (exact) mass is 253 g/mol. The Morgan fingerprint density at radius 1 is 1.11 bits per heavy atom. The van der Waals surface area contributed by atoms with Gasteiger partial charge in [-0.3, -0.25) is 4.40 Å². The topological polar surface area (TPSA) is 63.5 Å². The standard InChI is InChI=1S/C15H15N3O/c16-9-12-5-3-6-13-10-17-15(18(12)13)8-11-4-1-2-7-14(11)19/h1-7,10,19H,8-9,16H2. The molecule has 0 bridgehead atoms. The highest BCUT2D eigenvalue weighted by Crippen LogP contribution is 2.20. The molecule has 1 aromatic carbocycles. The minimum absolute atomic E-state index is 0.296. The van der Waals surface area contributed by atoms with E-state index < -0.39 is 0 Å². The van der Waals surface area contributed by atoms with Gasteiger partial charge < -0.3 is 10.8 Å². The minimum Gasteiger partial charge on any atom is -0.508 e. The third-order valence-electron chi connectivity index (χ3n) is 3.25. The molecule has 2 aromatic heterocycles. The van der Waals surface area contributed by atoms with Gasteiger partial charge in [-0.25, -0.2) is 4.98 Å². The normalized spacial score (nSPS) is 11.0. The van der Waals surface area contributed by atoms with Gasteiger partial charge in [0.15, 0.2) is 0 Å². The van der Waals surface area contributed by atoms with Crippen LogP contribution >= 0.6 is 0 Å². The molecular formula is C15H15N3O. The summed E-state index contributed by atoms with van der Waals surface area (Å²) in [4.78, 5) is 4.44. The van der Waals surface area contributed by atoms with Crippen LogP contribution in [-0.4, -0.2) is 14.5 Å². The van der Waals surface area contributed by atoms with E-state index in [9.17, 15) is 5.11 Å². The summed E-state index contributed by atoms with van der Waals surface area (Å²) in [6.45, 7) is 0.460. The van der Waals surface area contributed by atoms with Gasteiger partial charge in [0.1, 0.15) is 11.6 Å². The third kappa shape index (κ3) is 2.06. The van der Waals surface area contributed by atoms with Crippen molar-refractivity contribution >= 4 is 5.52 Å². The molecule has 0 unspecified atom stereocenters. The Morgan fingerprint density at radius 3 is 2.74 bits per heavy atom. The summed E-state index contributed by atoms with van der Waals surface area (Å²) in [6, 6.07) is 13.3. The Morgan fingerprint density at radius 2 is 1.95 bits per heavy atom. The maximum atomic E-state index is 9.85. The molecule has 19 heavy (non-hydrogen) atoms. The summed E-state index contributed by atoms with van der Waals surface area (Å²) in [7, 11) is 0. The van der Waals surface area contributed by atoms with Gasteiger partial charge in [-0.05, 0) is 18.2 Å². The molecule has 0 saturated carbocycles. The van der Waals surface area contributed by atoms with Crippen LogP contribution in [0.2, 0.25) is 0 Å². The number of nitrogens with zero attached hydrogens (tertiary/aromatic N) is 2. The predicted molar refractivity (Wildman–Crippen MR) is 74.0 cm³/mol. The SMILES string of the molecule is NCc1cccc2cnc(Cc3ccccc3O)n12. The van der Waals surface area contributed by atoms with E-state index in [-0.39, 0.29) is 0 Å². The largest absolute Gasteiger partial charge is 0.508 e. The van der Waals surface area contributed by atoms with Crippen LogP contribution < -0.4 is 5.73 Å². The van der Waals surface area contributed by atoms with Gasteiger partial charge in [0.05, 0.1) is 11.7 Å². The molecule has 3 rings (SSSR count). The minimum atomic E-state index is 0.296. The number of fused-ring (bicyclic) bond motifs is 1. The van der Waals surface area contributed by atoms with Crippen molar-refractivity contribution in [3.8, 4) is 5.75 Å². The zero-order chi connectivity index (χ0) is 13.2. The molecule has 0 fully saturated rings. The van der Waals surface area contributed by atoms with E-state index in [0.29, 0.717) is 18.7 Å². The lowest BCUT2D eigenvalue weighted by molar-refractivity contribution is 0.469. The molecule has 0 atom stereocenters. The van der Waals surface area contributed by atoms with Crippen molar-refractivity contribution in [2.24, 2.45) is 5.73 Å². The highest BCUT2D eigenvalue weighted by molar-refractivity contribution is 5.48. The molecule has 0 saturated heterocycles. The molecule has 0 aliphatic rings. The van der Waals surface area contributed by atoms with Crippen LogP contribution in [-0.2, 0) is 13.0 Å². The number of pyridine rings is 1. The molecule has 4 heteroatoms. The number of imidazole rings is 1. The summed E-state index contributed by atoms with van der Waals surface area (Å²) in [5.74, 6) is 1.18. The zero-order valence-corrected chi connectivity index (χ0v) is 10.5. The van der Waals surface area contributed by atoms with Crippen molar-refractivity contribution in [1.29, 1.82) is 0 Å². The number of benzene rings is 1. The number of nitrogens with two attached hydrogens (primary N) is 1. The summed E-state index contributed by atoms with van der Waals surface area (Å²) >= 11 is 0. The van der Waals surface area contributed by atoms with E-state index in [0.717, 1.165) is 22.6 Å². The maximum Gasteiger partial charge on any atom is 0.119 e. The van der Waals surface area contributed by atoms with Crippen molar-refractivity contribution in [3.05, 3.63) is 65.7 Å². The number of phenolic OH excluding ortho intramolecular Hbond substituents is 1. The maximum absolute atomic E-state index is 9.85. The molecule has 3 N–H and O–H groups in total. The highest BCUT2D eigenvalue weighted by Gasteiger charge is 2.09. The lowest BCUT2D eigenvalue weighted by Crippen LogP contribution is -2.07. The second-order valence-corrected chi connectivity index (χ2v) is 4.46. The van der Waals surface area contributed by atoms with Crippen molar-refractivity contribution in [1.82, 2.24) is 9.38 Å². The highest BCUT2D eigenvalue weighted by atomic mass is 16.3. The first-order valence-corrected chi connectivity index (χ1v) is 6.21. The van der Waals surface area contributed by atoms with Crippen LogP contribution in [0, 0.1) is 0 Å². The number of aromatic hydroxyl groups is 1. The molecule has 0 amide bonds. The third-order valence-corrected chi connectivity index (χ3v) is 3.25. The van der Waals surface area contributed by atoms with Crippen LogP contribution in [0.1, 0.15) is 17.1 Å². The average molecular weight is 253 g/mol. The molecule has 0 radical (unpaired) electrons. The molecule has 96 valence electrons. The summed E-state index contributed by atoms with van der Waals surface area (Å²) < 4.78 is 2.05. The first-order valence-electron chi connectivity index (χ1n) is 6.21. The van der Waals surface area contributed by atoms with Gasteiger partial charge in [-0.1, -0.05) is 24.3 Å². The van der Waals surface area contributed by atoms with Crippen LogP contribution in [0.15, 0.2) is 48.7 Å². The quantitative estimate of drug-likeness (QED) is 0.751. The Balaban J connectivity index is 2.09. The molecule has 2 heterocycles. The van der Waals surface area contributed by atoms with Crippen LogP contribution in [0.3, 0.4) is 0 Å². The molecule has 0 aliphatic heterocycles. The van der Waals surface area contributed by atoms with Crippen molar-refractivity contribution in [2.75, 3.05) is 0 Å². The number of hydrogen-bond donors (Lipinski definition) is 2. The van der Waals surface area contributed by atoms with Gasteiger partial charge in [0.25, 0.3) is 0 Å². The number of aromatic nitrogens is 2. The second-order valence-electron chi connectivity index (χ2n) is 4.46. The van der Waals surface area contributed by atoms with E-state index in [1.165, 1.54) is 0 Å². The van der Waals surface area contributed by atoms with Gasteiger partial charge in [0, 0.05) is 24.2 Å².